The van der Waals surface area contributed by atoms with Gasteiger partial charge in [0, 0.05) is 0 Å². The Kier molecular flexibility index (Phi) is 4.15. The highest BCUT2D eigenvalue weighted by Gasteiger charge is 2.02. The molecule has 1 aliphatic carbocycles. The molecule has 4 aromatic carbocycles. The molecule has 0 saturated carbocycles. The fourth-order valence-corrected chi connectivity index (χ4v) is 3.39. The molecule has 28 heavy (non-hydrogen) atoms. The Morgan fingerprint density at radius 1 is 0.393 bits per heavy atom. The molecule has 0 spiro atoms. The van der Waals surface area contributed by atoms with Crippen molar-refractivity contribution in [3.05, 3.63) is 109 Å². The lowest BCUT2D eigenvalue weighted by Gasteiger charge is -2.05. The number of allylic oxidation sites excluding steroid dienone is 4. The van der Waals surface area contributed by atoms with Gasteiger partial charge in [-0.2, -0.15) is 0 Å². The summed E-state index contributed by atoms with van der Waals surface area (Å²) in [6.07, 6.45) is 8.04. The minimum absolute atomic E-state index is 0.924. The summed E-state index contributed by atoms with van der Waals surface area (Å²) in [7, 11) is 0. The van der Waals surface area contributed by atoms with Crippen molar-refractivity contribution in [3.63, 3.8) is 0 Å². The summed E-state index contributed by atoms with van der Waals surface area (Å²) in [5, 5.41) is 4.86. The molecule has 5 rings (SSSR count). The van der Waals surface area contributed by atoms with Crippen molar-refractivity contribution < 1.29 is 0 Å². The Balaban J connectivity index is 1.39. The molecule has 0 heterocycles. The standard InChI is InChI=1S/C26H18N2/c1-3-7-21-17-25(11-9-19(21)5-1)27-23-13-15-24(16-14-23)28-26-12-10-20-6-2-4-8-22(20)18-26/h1-18H. The van der Waals surface area contributed by atoms with Crippen LogP contribution < -0.4 is 0 Å². The second kappa shape index (κ2) is 7.09. The number of nitrogens with zero attached hydrogens (tertiary/aromatic N) is 2. The maximum Gasteiger partial charge on any atom is 0.0643 e. The highest BCUT2D eigenvalue weighted by atomic mass is 14.8. The number of benzene rings is 4. The van der Waals surface area contributed by atoms with Crippen molar-refractivity contribution in [1.29, 1.82) is 0 Å². The summed E-state index contributed by atoms with van der Waals surface area (Å²) in [5.41, 5.74) is 3.76. The van der Waals surface area contributed by atoms with Crippen LogP contribution in [0.1, 0.15) is 0 Å². The average molecular weight is 358 g/mol. The van der Waals surface area contributed by atoms with Crippen molar-refractivity contribution in [3.8, 4) is 0 Å². The first kappa shape index (κ1) is 16.4. The highest BCUT2D eigenvalue weighted by Crippen LogP contribution is 2.23. The summed E-state index contributed by atoms with van der Waals surface area (Å²) in [6, 6.07) is 29.2. The molecule has 0 bridgehead atoms. The van der Waals surface area contributed by atoms with Gasteiger partial charge in [-0.25, -0.2) is 9.98 Å². The van der Waals surface area contributed by atoms with Crippen LogP contribution in [0.15, 0.2) is 119 Å². The van der Waals surface area contributed by atoms with Gasteiger partial charge in [0.2, 0.25) is 0 Å². The Morgan fingerprint density at radius 3 is 1.21 bits per heavy atom. The normalized spacial score (nSPS) is 13.3. The second-order valence-electron chi connectivity index (χ2n) is 6.80. The first-order chi connectivity index (χ1) is 13.8. The molecule has 1 aliphatic rings. The van der Waals surface area contributed by atoms with Gasteiger partial charge in [0.05, 0.1) is 22.8 Å². The van der Waals surface area contributed by atoms with Gasteiger partial charge in [-0.1, -0.05) is 60.7 Å². The van der Waals surface area contributed by atoms with Crippen molar-refractivity contribution in [1.82, 2.24) is 0 Å². The molecule has 132 valence electrons. The van der Waals surface area contributed by atoms with E-state index in [4.69, 9.17) is 9.98 Å². The van der Waals surface area contributed by atoms with Crippen LogP contribution in [0.2, 0.25) is 0 Å². The van der Waals surface area contributed by atoms with E-state index in [1.165, 1.54) is 21.5 Å². The van der Waals surface area contributed by atoms with Crippen LogP contribution in [-0.4, -0.2) is 11.4 Å². The van der Waals surface area contributed by atoms with E-state index in [1.807, 2.05) is 24.3 Å². The van der Waals surface area contributed by atoms with E-state index in [1.54, 1.807) is 0 Å². The van der Waals surface area contributed by atoms with Crippen LogP contribution >= 0.6 is 0 Å². The minimum atomic E-state index is 0.924. The number of fused-ring (bicyclic) bond motifs is 2. The Labute approximate surface area is 163 Å². The van der Waals surface area contributed by atoms with Crippen LogP contribution in [-0.2, 0) is 0 Å². The lowest BCUT2D eigenvalue weighted by atomic mass is 10.1. The summed E-state index contributed by atoms with van der Waals surface area (Å²) in [6.45, 7) is 0. The maximum absolute atomic E-state index is 4.74. The third-order valence-electron chi connectivity index (χ3n) is 4.83. The van der Waals surface area contributed by atoms with Crippen LogP contribution in [0.3, 0.4) is 0 Å². The lowest BCUT2D eigenvalue weighted by molar-refractivity contribution is 1.53. The predicted molar refractivity (Wildman–Crippen MR) is 120 cm³/mol. The van der Waals surface area contributed by atoms with Crippen LogP contribution in [0, 0.1) is 0 Å². The van der Waals surface area contributed by atoms with Gasteiger partial charge in [0.25, 0.3) is 0 Å². The minimum Gasteiger partial charge on any atom is -0.249 e. The van der Waals surface area contributed by atoms with E-state index in [0.717, 1.165) is 22.8 Å². The summed E-state index contributed by atoms with van der Waals surface area (Å²) >= 11 is 0. The largest absolute Gasteiger partial charge is 0.249 e. The summed E-state index contributed by atoms with van der Waals surface area (Å²) in [5.74, 6) is 0. The first-order valence-corrected chi connectivity index (χ1v) is 9.35. The zero-order valence-corrected chi connectivity index (χ0v) is 15.3. The summed E-state index contributed by atoms with van der Waals surface area (Å²) in [4.78, 5) is 9.48. The molecule has 0 N–H and O–H groups in total. The molecule has 0 unspecified atom stereocenters. The van der Waals surface area contributed by atoms with Crippen molar-refractivity contribution in [2.45, 2.75) is 0 Å². The number of rotatable bonds is 2. The number of hydrogen-bond acceptors (Lipinski definition) is 2. The van der Waals surface area contributed by atoms with Gasteiger partial charge < -0.3 is 0 Å². The predicted octanol–water partition coefficient (Wildman–Crippen LogP) is 6.96. The second-order valence-corrected chi connectivity index (χ2v) is 6.80. The van der Waals surface area contributed by atoms with Gasteiger partial charge in [0.1, 0.15) is 0 Å². The summed E-state index contributed by atoms with van der Waals surface area (Å²) < 4.78 is 0. The first-order valence-electron chi connectivity index (χ1n) is 9.35. The van der Waals surface area contributed by atoms with Gasteiger partial charge >= 0.3 is 0 Å². The van der Waals surface area contributed by atoms with Gasteiger partial charge in [-0.3, -0.25) is 0 Å². The van der Waals surface area contributed by atoms with E-state index >= 15 is 0 Å². The van der Waals surface area contributed by atoms with Crippen molar-refractivity contribution in [2.24, 2.45) is 9.98 Å². The van der Waals surface area contributed by atoms with Crippen LogP contribution in [0.4, 0.5) is 11.4 Å². The number of hydrogen-bond donors (Lipinski definition) is 0. The van der Waals surface area contributed by atoms with Crippen LogP contribution in [0.5, 0.6) is 0 Å². The van der Waals surface area contributed by atoms with E-state index in [9.17, 15) is 0 Å². The fraction of sp³-hybridized carbons (Fsp3) is 0. The van der Waals surface area contributed by atoms with Gasteiger partial charge in [-0.15, -0.1) is 0 Å². The molecule has 0 amide bonds. The maximum atomic E-state index is 4.74. The van der Waals surface area contributed by atoms with Crippen molar-refractivity contribution >= 4 is 44.3 Å². The Hall–Kier alpha value is -3.78. The molecule has 2 nitrogen and oxygen atoms in total. The molecule has 2 heteroatoms. The van der Waals surface area contributed by atoms with E-state index in [0.29, 0.717) is 0 Å². The molecule has 0 radical (unpaired) electrons. The zero-order valence-electron chi connectivity index (χ0n) is 15.3. The highest BCUT2D eigenvalue weighted by molar-refractivity contribution is 6.19. The molecule has 0 aliphatic heterocycles. The van der Waals surface area contributed by atoms with Gasteiger partial charge in [-0.05, 0) is 70.1 Å². The molecule has 0 aromatic heterocycles. The molecule has 0 atom stereocenters. The Morgan fingerprint density at radius 2 is 0.786 bits per heavy atom. The van der Waals surface area contributed by atoms with E-state index in [2.05, 4.69) is 84.9 Å². The van der Waals surface area contributed by atoms with Crippen molar-refractivity contribution in [2.75, 3.05) is 0 Å². The van der Waals surface area contributed by atoms with Gasteiger partial charge in [0.15, 0.2) is 0 Å². The molecular formula is C26H18N2. The third-order valence-corrected chi connectivity index (χ3v) is 4.83. The van der Waals surface area contributed by atoms with Crippen LogP contribution in [0.25, 0.3) is 21.5 Å². The quantitative estimate of drug-likeness (QED) is 0.346. The number of aliphatic imine (C=N–C) groups is 2. The monoisotopic (exact) mass is 358 g/mol. The van der Waals surface area contributed by atoms with E-state index < -0.39 is 0 Å². The molecule has 0 fully saturated rings. The smallest absolute Gasteiger partial charge is 0.0643 e. The Bertz CT molecular complexity index is 1190. The molecule has 0 saturated heterocycles. The zero-order chi connectivity index (χ0) is 18.8. The molecule has 4 aromatic rings. The fourth-order valence-electron chi connectivity index (χ4n) is 3.39. The van der Waals surface area contributed by atoms with E-state index in [-0.39, 0.29) is 0 Å². The lowest BCUT2D eigenvalue weighted by Crippen LogP contribution is -1.99. The molecular weight excluding hydrogens is 340 g/mol. The topological polar surface area (TPSA) is 24.7 Å². The third kappa shape index (κ3) is 3.40. The average Bonchev–Trinajstić information content (AvgIpc) is 2.75. The SMILES string of the molecule is C1=CC(=Nc2ccc3ccccc3c2)C=CC1=Nc1ccc2ccccc2c1.